The highest BCUT2D eigenvalue weighted by molar-refractivity contribution is 5.59. The molecule has 1 heterocycles. The molecule has 80 valence electrons. The molecule has 1 aromatic rings. The molecule has 1 rings (SSSR count). The maximum atomic E-state index is 11.8. The van der Waals surface area contributed by atoms with Crippen LogP contribution in [0.1, 0.15) is 6.42 Å². The molecular formula is C7H11F3N4. The minimum absolute atomic E-state index is 0.218. The largest absolute Gasteiger partial charge is 0.394 e. The highest BCUT2D eigenvalue weighted by Crippen LogP contribution is 2.20. The summed E-state index contributed by atoms with van der Waals surface area (Å²) in [5.41, 5.74) is 5.81. The van der Waals surface area contributed by atoms with Crippen LogP contribution < -0.4 is 11.1 Å². The lowest BCUT2D eigenvalue weighted by atomic mass is 10.4. The van der Waals surface area contributed by atoms with Crippen LogP contribution in [-0.2, 0) is 7.05 Å². The molecule has 4 nitrogen and oxygen atoms in total. The number of nitrogens with one attached hydrogen (secondary N) is 1. The lowest BCUT2D eigenvalue weighted by Crippen LogP contribution is -2.15. The molecule has 1 aromatic heterocycles. The maximum Gasteiger partial charge on any atom is 0.390 e. The number of aryl methyl sites for hydroxylation is 1. The van der Waals surface area contributed by atoms with E-state index in [4.69, 9.17) is 5.73 Å². The smallest absolute Gasteiger partial charge is 0.390 e. The summed E-state index contributed by atoms with van der Waals surface area (Å²) in [6, 6.07) is 0. The van der Waals surface area contributed by atoms with Gasteiger partial charge in [0.25, 0.3) is 0 Å². The average Bonchev–Trinajstić information content (AvgIpc) is 2.27. The third-order valence-electron chi connectivity index (χ3n) is 1.56. The minimum Gasteiger partial charge on any atom is -0.394 e. The summed E-state index contributed by atoms with van der Waals surface area (Å²) < 4.78 is 36.7. The summed E-state index contributed by atoms with van der Waals surface area (Å²) in [7, 11) is 1.64. The lowest BCUT2D eigenvalue weighted by molar-refractivity contribution is -0.131. The van der Waals surface area contributed by atoms with Gasteiger partial charge in [-0.2, -0.15) is 18.3 Å². The van der Waals surface area contributed by atoms with Gasteiger partial charge in [0.1, 0.15) is 0 Å². The van der Waals surface area contributed by atoms with Crippen LogP contribution in [0, 0.1) is 0 Å². The van der Waals surface area contributed by atoms with Crippen LogP contribution >= 0.6 is 0 Å². The first-order chi connectivity index (χ1) is 6.38. The molecule has 0 atom stereocenters. The van der Waals surface area contributed by atoms with Crippen molar-refractivity contribution >= 4 is 11.5 Å². The number of anilines is 2. The third kappa shape index (κ3) is 3.15. The summed E-state index contributed by atoms with van der Waals surface area (Å²) in [5.74, 6) is 0.289. The van der Waals surface area contributed by atoms with E-state index >= 15 is 0 Å². The topological polar surface area (TPSA) is 55.9 Å². The van der Waals surface area contributed by atoms with Crippen LogP contribution in [0.15, 0.2) is 6.20 Å². The molecule has 0 aromatic carbocycles. The van der Waals surface area contributed by atoms with Gasteiger partial charge in [-0.15, -0.1) is 0 Å². The first-order valence-electron chi connectivity index (χ1n) is 3.98. The van der Waals surface area contributed by atoms with E-state index in [0.29, 0.717) is 5.69 Å². The van der Waals surface area contributed by atoms with Gasteiger partial charge >= 0.3 is 6.18 Å². The second-order valence-corrected chi connectivity index (χ2v) is 2.90. The monoisotopic (exact) mass is 208 g/mol. The summed E-state index contributed by atoms with van der Waals surface area (Å²) in [5, 5.41) is 6.36. The first kappa shape index (κ1) is 10.7. The summed E-state index contributed by atoms with van der Waals surface area (Å²) in [6.07, 6.45) is -3.53. The Bertz CT molecular complexity index is 304. The molecule has 0 saturated heterocycles. The molecule has 0 aliphatic carbocycles. The molecule has 0 saturated carbocycles. The number of hydrogen-bond acceptors (Lipinski definition) is 3. The zero-order chi connectivity index (χ0) is 10.8. The first-order valence-corrected chi connectivity index (χ1v) is 3.98. The van der Waals surface area contributed by atoms with Crippen molar-refractivity contribution < 1.29 is 13.2 Å². The van der Waals surface area contributed by atoms with Crippen LogP contribution in [0.25, 0.3) is 0 Å². The molecule has 14 heavy (non-hydrogen) atoms. The van der Waals surface area contributed by atoms with Crippen molar-refractivity contribution in [1.29, 1.82) is 0 Å². The van der Waals surface area contributed by atoms with Gasteiger partial charge < -0.3 is 11.1 Å². The highest BCUT2D eigenvalue weighted by Gasteiger charge is 2.26. The minimum atomic E-state index is -4.16. The molecule has 7 heteroatoms. The van der Waals surface area contributed by atoms with E-state index in [9.17, 15) is 13.2 Å². The Kier molecular flexibility index (Phi) is 2.87. The Morgan fingerprint density at radius 3 is 2.64 bits per heavy atom. The lowest BCUT2D eigenvalue weighted by Gasteiger charge is -2.06. The Morgan fingerprint density at radius 2 is 2.21 bits per heavy atom. The number of hydrogen-bond donors (Lipinski definition) is 2. The fourth-order valence-corrected chi connectivity index (χ4v) is 0.967. The molecule has 0 unspecified atom stereocenters. The summed E-state index contributed by atoms with van der Waals surface area (Å²) in [4.78, 5) is 0. The predicted octanol–water partition coefficient (Wildman–Crippen LogP) is 1.37. The Labute approximate surface area is 78.9 Å². The van der Waals surface area contributed by atoms with E-state index in [-0.39, 0.29) is 12.4 Å². The molecule has 0 amide bonds. The Balaban J connectivity index is 2.42. The van der Waals surface area contributed by atoms with Crippen molar-refractivity contribution in [2.75, 3.05) is 17.6 Å². The van der Waals surface area contributed by atoms with Crippen molar-refractivity contribution in [3.05, 3.63) is 6.20 Å². The van der Waals surface area contributed by atoms with Gasteiger partial charge in [0.15, 0.2) is 5.82 Å². The van der Waals surface area contributed by atoms with E-state index in [0.717, 1.165) is 0 Å². The number of nitrogens with two attached hydrogens (primary N) is 1. The van der Waals surface area contributed by atoms with Crippen molar-refractivity contribution in [1.82, 2.24) is 9.78 Å². The number of nitrogens with zero attached hydrogens (tertiary/aromatic N) is 2. The molecular weight excluding hydrogens is 197 g/mol. The SMILES string of the molecule is Cn1cc(N)c(NCCC(F)(F)F)n1. The second kappa shape index (κ2) is 3.77. The predicted molar refractivity (Wildman–Crippen MR) is 46.8 cm³/mol. The standard InChI is InChI=1S/C7H11F3N4/c1-14-4-5(11)6(13-14)12-3-2-7(8,9)10/h4H,2-3,11H2,1H3,(H,12,13). The number of alkyl halides is 3. The molecule has 0 spiro atoms. The van der Waals surface area contributed by atoms with Crippen molar-refractivity contribution in [3.63, 3.8) is 0 Å². The van der Waals surface area contributed by atoms with Crippen LogP contribution in [0.5, 0.6) is 0 Å². The van der Waals surface area contributed by atoms with E-state index in [2.05, 4.69) is 10.4 Å². The maximum absolute atomic E-state index is 11.8. The van der Waals surface area contributed by atoms with Gasteiger partial charge in [-0.05, 0) is 0 Å². The van der Waals surface area contributed by atoms with Crippen LogP contribution in [0.3, 0.4) is 0 Å². The van der Waals surface area contributed by atoms with Gasteiger partial charge in [0.05, 0.1) is 12.1 Å². The van der Waals surface area contributed by atoms with E-state index in [1.165, 1.54) is 10.9 Å². The van der Waals surface area contributed by atoms with Gasteiger partial charge in [-0.1, -0.05) is 0 Å². The molecule has 0 fully saturated rings. The number of aromatic nitrogens is 2. The molecule has 0 aliphatic rings. The third-order valence-corrected chi connectivity index (χ3v) is 1.56. The zero-order valence-electron chi connectivity index (χ0n) is 7.60. The normalized spacial score (nSPS) is 11.7. The van der Waals surface area contributed by atoms with E-state index in [1.54, 1.807) is 7.05 Å². The van der Waals surface area contributed by atoms with Gasteiger partial charge in [-0.3, -0.25) is 4.68 Å². The van der Waals surface area contributed by atoms with Crippen molar-refractivity contribution in [3.8, 4) is 0 Å². The van der Waals surface area contributed by atoms with Crippen LogP contribution in [0.4, 0.5) is 24.7 Å². The Morgan fingerprint density at radius 1 is 1.57 bits per heavy atom. The fraction of sp³-hybridized carbons (Fsp3) is 0.571. The van der Waals surface area contributed by atoms with E-state index < -0.39 is 12.6 Å². The molecule has 0 radical (unpaired) electrons. The quantitative estimate of drug-likeness (QED) is 0.788. The van der Waals surface area contributed by atoms with Gasteiger partial charge in [0.2, 0.25) is 0 Å². The zero-order valence-corrected chi connectivity index (χ0v) is 7.60. The van der Waals surface area contributed by atoms with Crippen molar-refractivity contribution in [2.45, 2.75) is 12.6 Å². The summed E-state index contributed by atoms with van der Waals surface area (Å²) in [6.45, 7) is -0.218. The van der Waals surface area contributed by atoms with E-state index in [1.807, 2.05) is 0 Å². The van der Waals surface area contributed by atoms with Gasteiger partial charge in [-0.25, -0.2) is 0 Å². The number of halogens is 3. The number of rotatable bonds is 3. The Hall–Kier alpha value is -1.40. The molecule has 3 N–H and O–H groups in total. The van der Waals surface area contributed by atoms with Crippen LogP contribution in [-0.4, -0.2) is 22.5 Å². The molecule has 0 bridgehead atoms. The fourth-order valence-electron chi connectivity index (χ4n) is 0.967. The van der Waals surface area contributed by atoms with Crippen molar-refractivity contribution in [2.24, 2.45) is 7.05 Å². The second-order valence-electron chi connectivity index (χ2n) is 2.90. The summed E-state index contributed by atoms with van der Waals surface area (Å²) >= 11 is 0. The molecule has 0 aliphatic heterocycles. The highest BCUT2D eigenvalue weighted by atomic mass is 19.4. The van der Waals surface area contributed by atoms with Gasteiger partial charge in [0, 0.05) is 19.8 Å². The van der Waals surface area contributed by atoms with Crippen LogP contribution in [0.2, 0.25) is 0 Å². The number of nitrogen functional groups attached to an aromatic ring is 1. The average molecular weight is 208 g/mol.